The molecule has 0 aliphatic heterocycles. The number of nitrogens with one attached hydrogen (secondary N) is 1. The molecule has 1 aromatic rings. The molecule has 0 aromatic heterocycles. The van der Waals surface area contributed by atoms with Gasteiger partial charge in [-0.3, -0.25) is 0 Å². The van der Waals surface area contributed by atoms with E-state index < -0.39 is 0 Å². The summed E-state index contributed by atoms with van der Waals surface area (Å²) in [7, 11) is 1.67. The van der Waals surface area contributed by atoms with Gasteiger partial charge in [0.25, 0.3) is 0 Å². The van der Waals surface area contributed by atoms with Crippen molar-refractivity contribution in [2.45, 2.75) is 45.3 Å². The molecule has 1 saturated carbocycles. The van der Waals surface area contributed by atoms with Crippen LogP contribution in [0, 0.1) is 11.7 Å². The van der Waals surface area contributed by atoms with Gasteiger partial charge in [0, 0.05) is 26.3 Å². The maximum Gasteiger partial charge on any atom is 0.127 e. The van der Waals surface area contributed by atoms with Crippen LogP contribution in [0.25, 0.3) is 0 Å². The molecule has 2 atom stereocenters. The molecule has 0 radical (unpaired) electrons. The molecule has 1 aliphatic carbocycles. The van der Waals surface area contributed by atoms with Crippen LogP contribution in [-0.2, 0) is 11.3 Å². The van der Waals surface area contributed by atoms with E-state index in [9.17, 15) is 4.39 Å². The first kappa shape index (κ1) is 16.2. The Morgan fingerprint density at radius 1 is 1.29 bits per heavy atom. The maximum absolute atomic E-state index is 13.7. The summed E-state index contributed by atoms with van der Waals surface area (Å²) in [5.41, 5.74) is 0.907. The third-order valence-corrected chi connectivity index (χ3v) is 3.93. The average molecular weight is 295 g/mol. The van der Waals surface area contributed by atoms with E-state index in [1.807, 2.05) is 6.07 Å². The van der Waals surface area contributed by atoms with Gasteiger partial charge in [-0.25, -0.2) is 4.39 Å². The van der Waals surface area contributed by atoms with E-state index >= 15 is 0 Å². The molecule has 2 rings (SSSR count). The van der Waals surface area contributed by atoms with Crippen molar-refractivity contribution in [3.8, 4) is 5.75 Å². The molecule has 0 saturated heterocycles. The van der Waals surface area contributed by atoms with Crippen LogP contribution in [0.5, 0.6) is 5.75 Å². The van der Waals surface area contributed by atoms with E-state index in [2.05, 4.69) is 12.2 Å². The van der Waals surface area contributed by atoms with Gasteiger partial charge in [-0.05, 0) is 42.9 Å². The van der Waals surface area contributed by atoms with E-state index in [4.69, 9.17) is 9.47 Å². The van der Waals surface area contributed by atoms with Gasteiger partial charge in [0.15, 0.2) is 0 Å². The number of hydrogen-bond donors (Lipinski definition) is 1. The number of benzene rings is 1. The van der Waals surface area contributed by atoms with E-state index in [1.165, 1.54) is 18.9 Å². The van der Waals surface area contributed by atoms with E-state index in [1.54, 1.807) is 13.2 Å². The topological polar surface area (TPSA) is 30.5 Å². The highest BCUT2D eigenvalue weighted by atomic mass is 19.1. The molecule has 4 heteroatoms. The Labute approximate surface area is 126 Å². The minimum Gasteiger partial charge on any atom is -0.490 e. The van der Waals surface area contributed by atoms with E-state index in [-0.39, 0.29) is 11.9 Å². The minimum atomic E-state index is -0.236. The van der Waals surface area contributed by atoms with Crippen molar-refractivity contribution in [1.82, 2.24) is 5.32 Å². The monoisotopic (exact) mass is 295 g/mol. The zero-order valence-electron chi connectivity index (χ0n) is 13.0. The number of hydrogen-bond acceptors (Lipinski definition) is 3. The first-order valence-corrected chi connectivity index (χ1v) is 7.83. The van der Waals surface area contributed by atoms with Crippen LogP contribution in [0.4, 0.5) is 4.39 Å². The second-order valence-corrected chi connectivity index (χ2v) is 5.98. The Balaban J connectivity index is 1.91. The summed E-state index contributed by atoms with van der Waals surface area (Å²) in [5.74, 6) is 1.12. The number of rotatable bonds is 7. The second kappa shape index (κ2) is 8.35. The van der Waals surface area contributed by atoms with Crippen molar-refractivity contribution in [3.63, 3.8) is 0 Å². The molecule has 1 fully saturated rings. The van der Waals surface area contributed by atoms with Crippen molar-refractivity contribution < 1.29 is 13.9 Å². The molecule has 1 N–H and O–H groups in total. The summed E-state index contributed by atoms with van der Waals surface area (Å²) in [6.45, 7) is 4.28. The van der Waals surface area contributed by atoms with Crippen LogP contribution in [-0.4, -0.2) is 26.4 Å². The van der Waals surface area contributed by atoms with Gasteiger partial charge in [-0.15, -0.1) is 0 Å². The lowest BCUT2D eigenvalue weighted by Gasteiger charge is -2.27. The summed E-state index contributed by atoms with van der Waals surface area (Å²) in [6.07, 6.45) is 4.84. The lowest BCUT2D eigenvalue weighted by molar-refractivity contribution is 0.128. The molecule has 1 aliphatic rings. The third kappa shape index (κ3) is 5.64. The maximum atomic E-state index is 13.7. The fraction of sp³-hybridized carbons (Fsp3) is 0.647. The van der Waals surface area contributed by atoms with Gasteiger partial charge in [-0.2, -0.15) is 0 Å². The first-order chi connectivity index (χ1) is 10.2. The molecule has 0 bridgehead atoms. The Morgan fingerprint density at radius 3 is 2.90 bits per heavy atom. The Kier molecular flexibility index (Phi) is 6.46. The predicted octanol–water partition coefficient (Wildman–Crippen LogP) is 3.52. The summed E-state index contributed by atoms with van der Waals surface area (Å²) in [5, 5.41) is 3.22. The van der Waals surface area contributed by atoms with Crippen molar-refractivity contribution in [3.05, 3.63) is 29.6 Å². The standard InChI is InChI=1S/C17H26FNO2/c1-13-4-3-5-16(8-13)21-17-10-14(9-15(18)11-17)12-19-6-7-20-2/h9-11,13,16,19H,3-8,12H2,1-2H3. The zero-order chi connectivity index (χ0) is 15.1. The SMILES string of the molecule is COCCNCc1cc(F)cc(OC2CCCC(C)C2)c1. The molecule has 0 amide bonds. The molecule has 0 heterocycles. The average Bonchev–Trinajstić information content (AvgIpc) is 2.43. The van der Waals surface area contributed by atoms with Crippen molar-refractivity contribution in [1.29, 1.82) is 0 Å². The van der Waals surface area contributed by atoms with Crippen LogP contribution in [0.15, 0.2) is 18.2 Å². The fourth-order valence-electron chi connectivity index (χ4n) is 2.88. The third-order valence-electron chi connectivity index (χ3n) is 3.93. The number of methoxy groups -OCH3 is 1. The number of halogens is 1. The van der Waals surface area contributed by atoms with Crippen LogP contribution in [0.1, 0.15) is 38.2 Å². The van der Waals surface area contributed by atoms with Crippen molar-refractivity contribution in [2.24, 2.45) is 5.92 Å². The smallest absolute Gasteiger partial charge is 0.127 e. The lowest BCUT2D eigenvalue weighted by atomic mass is 9.89. The van der Waals surface area contributed by atoms with Gasteiger partial charge in [0.1, 0.15) is 11.6 Å². The predicted molar refractivity (Wildman–Crippen MR) is 82.0 cm³/mol. The molecule has 0 spiro atoms. The molecule has 1 aromatic carbocycles. The van der Waals surface area contributed by atoms with Crippen LogP contribution in [0.2, 0.25) is 0 Å². The fourth-order valence-corrected chi connectivity index (χ4v) is 2.88. The van der Waals surface area contributed by atoms with E-state index in [0.29, 0.717) is 24.8 Å². The van der Waals surface area contributed by atoms with Crippen molar-refractivity contribution in [2.75, 3.05) is 20.3 Å². The first-order valence-electron chi connectivity index (χ1n) is 7.83. The number of ether oxygens (including phenoxy) is 2. The van der Waals surface area contributed by atoms with Crippen LogP contribution < -0.4 is 10.1 Å². The van der Waals surface area contributed by atoms with Gasteiger partial charge in [0.05, 0.1) is 12.7 Å². The van der Waals surface area contributed by atoms with Gasteiger partial charge >= 0.3 is 0 Å². The Bertz CT molecular complexity index is 439. The molecule has 3 nitrogen and oxygen atoms in total. The van der Waals surface area contributed by atoms with Crippen LogP contribution >= 0.6 is 0 Å². The normalized spacial score (nSPS) is 22.2. The Morgan fingerprint density at radius 2 is 2.14 bits per heavy atom. The van der Waals surface area contributed by atoms with Crippen molar-refractivity contribution >= 4 is 0 Å². The summed E-state index contributed by atoms with van der Waals surface area (Å²) >= 11 is 0. The lowest BCUT2D eigenvalue weighted by Crippen LogP contribution is -2.24. The summed E-state index contributed by atoms with van der Waals surface area (Å²) in [4.78, 5) is 0. The quantitative estimate of drug-likeness (QED) is 0.781. The molecular weight excluding hydrogens is 269 g/mol. The summed E-state index contributed by atoms with van der Waals surface area (Å²) < 4.78 is 24.7. The molecule has 118 valence electrons. The summed E-state index contributed by atoms with van der Waals surface area (Å²) in [6, 6.07) is 4.97. The molecule has 2 unspecified atom stereocenters. The highest BCUT2D eigenvalue weighted by Crippen LogP contribution is 2.28. The highest BCUT2D eigenvalue weighted by Gasteiger charge is 2.20. The van der Waals surface area contributed by atoms with Crippen LogP contribution in [0.3, 0.4) is 0 Å². The van der Waals surface area contributed by atoms with Gasteiger partial charge in [-0.1, -0.05) is 13.3 Å². The van der Waals surface area contributed by atoms with Gasteiger partial charge in [0.2, 0.25) is 0 Å². The van der Waals surface area contributed by atoms with E-state index in [0.717, 1.165) is 24.9 Å². The molecular formula is C17H26FNO2. The largest absolute Gasteiger partial charge is 0.490 e. The molecule has 21 heavy (non-hydrogen) atoms. The minimum absolute atomic E-state index is 0.227. The Hall–Kier alpha value is -1.13. The highest BCUT2D eigenvalue weighted by molar-refractivity contribution is 5.29. The van der Waals surface area contributed by atoms with Gasteiger partial charge < -0.3 is 14.8 Å². The second-order valence-electron chi connectivity index (χ2n) is 5.98. The zero-order valence-corrected chi connectivity index (χ0v) is 13.0.